The minimum absolute atomic E-state index is 0.0926. The fourth-order valence-electron chi connectivity index (χ4n) is 2.20. The Morgan fingerprint density at radius 3 is 2.88 bits per heavy atom. The van der Waals surface area contributed by atoms with Crippen LogP contribution in [0.3, 0.4) is 0 Å². The monoisotopic (exact) mass is 232 g/mol. The molecular formula is C12H12N2OS. The average molecular weight is 232 g/mol. The van der Waals surface area contributed by atoms with E-state index in [1.54, 1.807) is 0 Å². The maximum atomic E-state index is 11.6. The van der Waals surface area contributed by atoms with Crippen LogP contribution in [0.2, 0.25) is 0 Å². The maximum absolute atomic E-state index is 11.6. The number of H-pyrrole nitrogens is 1. The molecule has 2 heterocycles. The molecule has 0 aliphatic carbocycles. The summed E-state index contributed by atoms with van der Waals surface area (Å²) in [6.45, 7) is 0. The first-order valence-corrected chi connectivity index (χ1v) is 6.57. The van der Waals surface area contributed by atoms with Crippen LogP contribution in [0.5, 0.6) is 0 Å². The van der Waals surface area contributed by atoms with Crippen molar-refractivity contribution in [1.82, 2.24) is 10.2 Å². The van der Waals surface area contributed by atoms with Gasteiger partial charge in [-0.05, 0) is 18.2 Å². The molecule has 1 aliphatic heterocycles. The summed E-state index contributed by atoms with van der Waals surface area (Å²) >= 11 is 1.96. The van der Waals surface area contributed by atoms with Gasteiger partial charge in [0.1, 0.15) is 0 Å². The lowest BCUT2D eigenvalue weighted by Crippen LogP contribution is -2.13. The molecule has 1 aliphatic rings. The van der Waals surface area contributed by atoms with E-state index in [4.69, 9.17) is 0 Å². The molecule has 1 fully saturated rings. The zero-order valence-electron chi connectivity index (χ0n) is 8.77. The number of hydrogen-bond donors (Lipinski definition) is 1. The van der Waals surface area contributed by atoms with E-state index in [0.29, 0.717) is 5.92 Å². The molecule has 4 heteroatoms. The average Bonchev–Trinajstić information content (AvgIpc) is 2.83. The predicted octanol–water partition coefficient (Wildman–Crippen LogP) is 2.14. The number of benzene rings is 1. The van der Waals surface area contributed by atoms with Crippen LogP contribution in [0.4, 0.5) is 0 Å². The number of fused-ring (bicyclic) bond motifs is 1. The smallest absolute Gasteiger partial charge is 0.267 e. The molecule has 0 bridgehead atoms. The van der Waals surface area contributed by atoms with Crippen LogP contribution in [0, 0.1) is 0 Å². The third-order valence-corrected chi connectivity index (χ3v) is 4.20. The number of nitrogens with one attached hydrogen (secondary N) is 1. The first-order chi connectivity index (χ1) is 7.86. The van der Waals surface area contributed by atoms with Crippen LogP contribution in [-0.4, -0.2) is 21.7 Å². The summed E-state index contributed by atoms with van der Waals surface area (Å²) in [4.78, 5) is 11.6. The van der Waals surface area contributed by atoms with Gasteiger partial charge >= 0.3 is 0 Å². The SMILES string of the molecule is O=c1[nH]nc(C2CCSC2)c2ccccc12. The third-order valence-electron chi connectivity index (χ3n) is 3.04. The van der Waals surface area contributed by atoms with Gasteiger partial charge in [-0.2, -0.15) is 16.9 Å². The molecule has 3 rings (SSSR count). The van der Waals surface area contributed by atoms with Crippen molar-refractivity contribution < 1.29 is 0 Å². The van der Waals surface area contributed by atoms with Crippen molar-refractivity contribution in [3.05, 3.63) is 40.3 Å². The van der Waals surface area contributed by atoms with Gasteiger partial charge in [-0.25, -0.2) is 5.10 Å². The molecule has 1 saturated heterocycles. The Hall–Kier alpha value is -1.29. The van der Waals surface area contributed by atoms with Crippen LogP contribution in [0.25, 0.3) is 10.8 Å². The van der Waals surface area contributed by atoms with Crippen LogP contribution >= 0.6 is 11.8 Å². The van der Waals surface area contributed by atoms with Crippen LogP contribution in [0.1, 0.15) is 18.0 Å². The summed E-state index contributed by atoms with van der Waals surface area (Å²) in [5.74, 6) is 2.80. The number of hydrogen-bond acceptors (Lipinski definition) is 3. The van der Waals surface area contributed by atoms with E-state index in [0.717, 1.165) is 28.6 Å². The van der Waals surface area contributed by atoms with Crippen molar-refractivity contribution in [3.8, 4) is 0 Å². The Balaban J connectivity index is 2.25. The van der Waals surface area contributed by atoms with E-state index in [1.807, 2.05) is 36.0 Å². The fourth-order valence-corrected chi connectivity index (χ4v) is 3.42. The summed E-state index contributed by atoms with van der Waals surface area (Å²) < 4.78 is 0. The Bertz CT molecular complexity index is 572. The van der Waals surface area contributed by atoms with Crippen molar-refractivity contribution >= 4 is 22.5 Å². The van der Waals surface area contributed by atoms with E-state index in [-0.39, 0.29) is 5.56 Å². The normalized spacial score (nSPS) is 20.4. The lowest BCUT2D eigenvalue weighted by Gasteiger charge is -2.09. The molecule has 82 valence electrons. The number of nitrogens with zero attached hydrogens (tertiary/aromatic N) is 1. The lowest BCUT2D eigenvalue weighted by molar-refractivity contribution is 0.735. The molecule has 1 aromatic carbocycles. The summed E-state index contributed by atoms with van der Waals surface area (Å²) in [6.07, 6.45) is 1.16. The first-order valence-electron chi connectivity index (χ1n) is 5.41. The lowest BCUT2D eigenvalue weighted by atomic mass is 9.99. The molecule has 0 spiro atoms. The van der Waals surface area contributed by atoms with E-state index < -0.39 is 0 Å². The van der Waals surface area contributed by atoms with E-state index >= 15 is 0 Å². The quantitative estimate of drug-likeness (QED) is 0.819. The van der Waals surface area contributed by atoms with Crippen molar-refractivity contribution in [2.24, 2.45) is 0 Å². The van der Waals surface area contributed by atoms with Gasteiger partial charge in [-0.15, -0.1) is 0 Å². The molecule has 0 amide bonds. The zero-order chi connectivity index (χ0) is 11.0. The standard InChI is InChI=1S/C12H12N2OS/c15-12-10-4-2-1-3-9(10)11(13-14-12)8-5-6-16-7-8/h1-4,8H,5-7H2,(H,14,15). The van der Waals surface area contributed by atoms with Gasteiger partial charge in [0.15, 0.2) is 0 Å². The summed E-state index contributed by atoms with van der Waals surface area (Å²) in [6, 6.07) is 7.72. The number of aromatic amines is 1. The fraction of sp³-hybridized carbons (Fsp3) is 0.333. The zero-order valence-corrected chi connectivity index (χ0v) is 9.59. The van der Waals surface area contributed by atoms with Gasteiger partial charge in [0.05, 0.1) is 11.1 Å². The largest absolute Gasteiger partial charge is 0.272 e. The van der Waals surface area contributed by atoms with Crippen molar-refractivity contribution in [1.29, 1.82) is 0 Å². The molecule has 3 nitrogen and oxygen atoms in total. The van der Waals surface area contributed by atoms with Gasteiger partial charge < -0.3 is 0 Å². The van der Waals surface area contributed by atoms with Crippen LogP contribution in [0.15, 0.2) is 29.1 Å². The molecule has 16 heavy (non-hydrogen) atoms. The molecule has 0 saturated carbocycles. The van der Waals surface area contributed by atoms with Gasteiger partial charge in [-0.3, -0.25) is 4.79 Å². The molecule has 0 radical (unpaired) electrons. The van der Waals surface area contributed by atoms with Gasteiger partial charge in [0, 0.05) is 17.1 Å². The molecule has 1 atom stereocenters. The second-order valence-electron chi connectivity index (χ2n) is 4.04. The Labute approximate surface area is 97.3 Å². The summed E-state index contributed by atoms with van der Waals surface area (Å²) in [7, 11) is 0. The van der Waals surface area contributed by atoms with Crippen molar-refractivity contribution in [2.75, 3.05) is 11.5 Å². The van der Waals surface area contributed by atoms with Gasteiger partial charge in [0.2, 0.25) is 0 Å². The second-order valence-corrected chi connectivity index (χ2v) is 5.19. The highest BCUT2D eigenvalue weighted by molar-refractivity contribution is 7.99. The highest BCUT2D eigenvalue weighted by Gasteiger charge is 2.21. The molecular weight excluding hydrogens is 220 g/mol. The maximum Gasteiger partial charge on any atom is 0.272 e. The highest BCUT2D eigenvalue weighted by atomic mass is 32.2. The number of rotatable bonds is 1. The second kappa shape index (κ2) is 3.94. The van der Waals surface area contributed by atoms with Gasteiger partial charge in [0.25, 0.3) is 5.56 Å². The molecule has 2 aromatic rings. The Kier molecular flexibility index (Phi) is 2.44. The number of aromatic nitrogens is 2. The van der Waals surface area contributed by atoms with Crippen molar-refractivity contribution in [3.63, 3.8) is 0 Å². The highest BCUT2D eigenvalue weighted by Crippen LogP contribution is 2.33. The van der Waals surface area contributed by atoms with Gasteiger partial charge in [-0.1, -0.05) is 18.2 Å². The van der Waals surface area contributed by atoms with Crippen LogP contribution in [-0.2, 0) is 0 Å². The van der Waals surface area contributed by atoms with E-state index in [9.17, 15) is 4.79 Å². The summed E-state index contributed by atoms with van der Waals surface area (Å²) in [5.41, 5.74) is 0.963. The van der Waals surface area contributed by atoms with E-state index in [1.165, 1.54) is 5.75 Å². The number of thioether (sulfide) groups is 1. The van der Waals surface area contributed by atoms with E-state index in [2.05, 4.69) is 10.2 Å². The molecule has 1 aromatic heterocycles. The summed E-state index contributed by atoms with van der Waals surface area (Å²) in [5, 5.41) is 8.61. The first kappa shape index (κ1) is 9.90. The Morgan fingerprint density at radius 1 is 1.31 bits per heavy atom. The topological polar surface area (TPSA) is 45.8 Å². The third kappa shape index (κ3) is 1.53. The Morgan fingerprint density at radius 2 is 2.12 bits per heavy atom. The van der Waals surface area contributed by atoms with Crippen molar-refractivity contribution in [2.45, 2.75) is 12.3 Å². The molecule has 1 N–H and O–H groups in total. The molecule has 1 unspecified atom stereocenters. The van der Waals surface area contributed by atoms with Crippen LogP contribution < -0.4 is 5.56 Å². The minimum atomic E-state index is -0.0926. The predicted molar refractivity (Wildman–Crippen MR) is 67.0 cm³/mol. The minimum Gasteiger partial charge on any atom is -0.267 e.